The maximum Gasteiger partial charge on any atom is 0.233 e. The van der Waals surface area contributed by atoms with Gasteiger partial charge in [0.25, 0.3) is 0 Å². The second-order valence-corrected chi connectivity index (χ2v) is 4.60. The van der Waals surface area contributed by atoms with E-state index in [0.29, 0.717) is 6.54 Å². The van der Waals surface area contributed by atoms with Gasteiger partial charge in [-0.1, -0.05) is 11.2 Å². The fourth-order valence-electron chi connectivity index (χ4n) is 1.25. The number of pyridine rings is 1. The molecule has 1 heterocycles. The monoisotopic (exact) mass is 250 g/mol. The summed E-state index contributed by atoms with van der Waals surface area (Å²) in [6.45, 7) is 5.42. The van der Waals surface area contributed by atoms with Gasteiger partial charge in [0.2, 0.25) is 5.91 Å². The molecule has 1 aromatic rings. The number of hydrogen-bond donors (Lipinski definition) is 3. The maximum absolute atomic E-state index is 11.9. The summed E-state index contributed by atoms with van der Waals surface area (Å²) in [5.41, 5.74) is 6.23. The lowest BCUT2D eigenvalue weighted by molar-refractivity contribution is -0.126. The lowest BCUT2D eigenvalue weighted by Gasteiger charge is -2.21. The van der Waals surface area contributed by atoms with Crippen LogP contribution in [-0.2, 0) is 11.3 Å². The Balaban J connectivity index is 2.64. The maximum atomic E-state index is 11.9. The molecule has 0 unspecified atom stereocenters. The zero-order chi connectivity index (χ0) is 13.8. The summed E-state index contributed by atoms with van der Waals surface area (Å²) in [5.74, 6) is -0.430. The topological polar surface area (TPSA) is 101 Å². The molecule has 0 radical (unpaired) electrons. The first-order valence-corrected chi connectivity index (χ1v) is 5.55. The fraction of sp³-hybridized carbons (Fsp3) is 0.417. The van der Waals surface area contributed by atoms with E-state index in [1.807, 2.05) is 19.1 Å². The molecule has 0 saturated carbocycles. The molecule has 0 aromatic carbocycles. The first-order chi connectivity index (χ1) is 8.37. The van der Waals surface area contributed by atoms with Gasteiger partial charge in [-0.05, 0) is 32.4 Å². The summed E-state index contributed by atoms with van der Waals surface area (Å²) in [6.07, 6.45) is 1.70. The number of oxime groups is 1. The highest BCUT2D eigenvalue weighted by molar-refractivity contribution is 6.05. The first kappa shape index (κ1) is 14.0. The minimum absolute atomic E-state index is 0.123. The lowest BCUT2D eigenvalue weighted by atomic mass is 9.91. The highest BCUT2D eigenvalue weighted by Crippen LogP contribution is 2.15. The van der Waals surface area contributed by atoms with E-state index in [2.05, 4.69) is 15.5 Å². The Hall–Kier alpha value is -2.11. The molecular weight excluding hydrogens is 232 g/mol. The zero-order valence-electron chi connectivity index (χ0n) is 10.8. The van der Waals surface area contributed by atoms with E-state index >= 15 is 0 Å². The number of rotatable bonds is 4. The van der Waals surface area contributed by atoms with Gasteiger partial charge < -0.3 is 16.3 Å². The van der Waals surface area contributed by atoms with Crippen LogP contribution in [0.5, 0.6) is 0 Å². The second-order valence-electron chi connectivity index (χ2n) is 4.60. The number of nitrogens with one attached hydrogen (secondary N) is 1. The lowest BCUT2D eigenvalue weighted by Crippen LogP contribution is -2.45. The number of hydrogen-bond acceptors (Lipinski definition) is 4. The zero-order valence-corrected chi connectivity index (χ0v) is 10.8. The van der Waals surface area contributed by atoms with E-state index in [1.165, 1.54) is 0 Å². The Morgan fingerprint density at radius 3 is 2.72 bits per heavy atom. The molecule has 1 aromatic heterocycles. The van der Waals surface area contributed by atoms with Gasteiger partial charge in [0.1, 0.15) is 5.41 Å². The number of amides is 1. The predicted octanol–water partition coefficient (Wildman–Crippen LogP) is 0.779. The van der Waals surface area contributed by atoms with Crippen LogP contribution in [0.1, 0.15) is 25.1 Å². The highest BCUT2D eigenvalue weighted by atomic mass is 16.4. The first-order valence-electron chi connectivity index (χ1n) is 5.55. The largest absolute Gasteiger partial charge is 0.409 e. The van der Waals surface area contributed by atoms with Crippen molar-refractivity contribution in [2.24, 2.45) is 16.3 Å². The number of nitrogens with zero attached hydrogens (tertiary/aromatic N) is 2. The molecule has 1 amide bonds. The molecule has 0 saturated heterocycles. The summed E-state index contributed by atoms with van der Waals surface area (Å²) >= 11 is 0. The van der Waals surface area contributed by atoms with Crippen LogP contribution in [0.4, 0.5) is 0 Å². The van der Waals surface area contributed by atoms with Crippen molar-refractivity contribution in [2.45, 2.75) is 27.3 Å². The Morgan fingerprint density at radius 1 is 1.56 bits per heavy atom. The Bertz CT molecular complexity index is 452. The summed E-state index contributed by atoms with van der Waals surface area (Å²) in [6, 6.07) is 3.76. The van der Waals surface area contributed by atoms with Gasteiger partial charge in [0, 0.05) is 18.4 Å². The second kappa shape index (κ2) is 5.48. The average molecular weight is 250 g/mol. The summed E-state index contributed by atoms with van der Waals surface area (Å²) in [5, 5.41) is 14.2. The Labute approximate surface area is 106 Å². The van der Waals surface area contributed by atoms with Crippen LogP contribution in [0.25, 0.3) is 0 Å². The van der Waals surface area contributed by atoms with E-state index in [0.717, 1.165) is 11.3 Å². The van der Waals surface area contributed by atoms with Crippen LogP contribution in [0.3, 0.4) is 0 Å². The van der Waals surface area contributed by atoms with Crippen molar-refractivity contribution < 1.29 is 10.0 Å². The van der Waals surface area contributed by atoms with E-state index < -0.39 is 5.41 Å². The predicted molar refractivity (Wildman–Crippen MR) is 68.0 cm³/mol. The summed E-state index contributed by atoms with van der Waals surface area (Å²) in [7, 11) is 0. The van der Waals surface area contributed by atoms with Gasteiger partial charge in [0.05, 0.1) is 0 Å². The van der Waals surface area contributed by atoms with Crippen LogP contribution in [-0.4, -0.2) is 21.9 Å². The van der Waals surface area contributed by atoms with E-state index in [4.69, 9.17) is 10.9 Å². The molecule has 98 valence electrons. The fourth-order valence-corrected chi connectivity index (χ4v) is 1.25. The molecule has 18 heavy (non-hydrogen) atoms. The molecular formula is C12H18N4O2. The normalized spacial score (nSPS) is 12.3. The van der Waals surface area contributed by atoms with Crippen LogP contribution < -0.4 is 11.1 Å². The molecule has 0 fully saturated rings. The highest BCUT2D eigenvalue weighted by Gasteiger charge is 2.32. The molecule has 0 bridgehead atoms. The van der Waals surface area contributed by atoms with Crippen molar-refractivity contribution in [2.75, 3.05) is 0 Å². The van der Waals surface area contributed by atoms with E-state index in [9.17, 15) is 4.79 Å². The number of carbonyl (C=O) groups excluding carboxylic acids is 1. The van der Waals surface area contributed by atoms with E-state index in [1.54, 1.807) is 20.0 Å². The quantitative estimate of drug-likeness (QED) is 0.318. The summed E-state index contributed by atoms with van der Waals surface area (Å²) in [4.78, 5) is 16.0. The van der Waals surface area contributed by atoms with Crippen molar-refractivity contribution in [1.82, 2.24) is 10.3 Å². The minimum Gasteiger partial charge on any atom is -0.409 e. The molecule has 0 aliphatic rings. The number of carbonyl (C=O) groups is 1. The molecule has 6 heteroatoms. The van der Waals surface area contributed by atoms with Gasteiger partial charge >= 0.3 is 0 Å². The molecule has 4 N–H and O–H groups in total. The number of aryl methyl sites for hydroxylation is 1. The number of aromatic nitrogens is 1. The third-order valence-corrected chi connectivity index (χ3v) is 2.74. The van der Waals surface area contributed by atoms with Gasteiger partial charge in [-0.15, -0.1) is 0 Å². The van der Waals surface area contributed by atoms with Crippen LogP contribution in [0.2, 0.25) is 0 Å². The van der Waals surface area contributed by atoms with Crippen LogP contribution >= 0.6 is 0 Å². The molecule has 6 nitrogen and oxygen atoms in total. The molecule has 0 atom stereocenters. The van der Waals surface area contributed by atoms with Gasteiger partial charge in [-0.25, -0.2) is 0 Å². The van der Waals surface area contributed by atoms with Gasteiger partial charge in [-0.2, -0.15) is 0 Å². The Kier molecular flexibility index (Phi) is 4.25. The van der Waals surface area contributed by atoms with Crippen molar-refractivity contribution in [1.29, 1.82) is 0 Å². The van der Waals surface area contributed by atoms with Gasteiger partial charge in [0.15, 0.2) is 5.84 Å². The Morgan fingerprint density at radius 2 is 2.22 bits per heavy atom. The molecule has 0 aliphatic heterocycles. The van der Waals surface area contributed by atoms with Crippen molar-refractivity contribution >= 4 is 11.7 Å². The van der Waals surface area contributed by atoms with Crippen molar-refractivity contribution in [3.05, 3.63) is 29.6 Å². The molecule has 0 aliphatic carbocycles. The van der Waals surface area contributed by atoms with Crippen molar-refractivity contribution in [3.63, 3.8) is 0 Å². The third-order valence-electron chi connectivity index (χ3n) is 2.74. The van der Waals surface area contributed by atoms with Gasteiger partial charge in [-0.3, -0.25) is 9.78 Å². The SMILES string of the molecule is Cc1ccc(CNC(=O)C(C)(C)C(N)=NO)cn1. The van der Waals surface area contributed by atoms with Crippen molar-refractivity contribution in [3.8, 4) is 0 Å². The molecule has 0 spiro atoms. The van der Waals surface area contributed by atoms with Crippen LogP contribution in [0, 0.1) is 12.3 Å². The smallest absolute Gasteiger partial charge is 0.233 e. The number of nitrogens with two attached hydrogens (primary N) is 1. The minimum atomic E-state index is -1.05. The van der Waals surface area contributed by atoms with Crippen LogP contribution in [0.15, 0.2) is 23.5 Å². The number of amidine groups is 1. The average Bonchev–Trinajstić information content (AvgIpc) is 2.36. The standard InChI is InChI=1S/C12H18N4O2/c1-8-4-5-9(6-14-8)7-15-11(17)12(2,3)10(13)16-18/h4-6,18H,7H2,1-3H3,(H2,13,16)(H,15,17). The summed E-state index contributed by atoms with van der Waals surface area (Å²) < 4.78 is 0. The van der Waals surface area contributed by atoms with E-state index in [-0.39, 0.29) is 11.7 Å². The molecule has 1 rings (SSSR count). The third kappa shape index (κ3) is 3.19.